The first-order valence-electron chi connectivity index (χ1n) is 7.10. The van der Waals surface area contributed by atoms with Gasteiger partial charge in [-0.2, -0.15) is 0 Å². The maximum absolute atomic E-state index is 11.3. The van der Waals surface area contributed by atoms with Crippen LogP contribution in [0.4, 0.5) is 0 Å². The maximum Gasteiger partial charge on any atom is 0.309 e. The minimum Gasteiger partial charge on any atom is -0.466 e. The topological polar surface area (TPSA) is 43.4 Å². The summed E-state index contributed by atoms with van der Waals surface area (Å²) in [7, 11) is 0. The Hall–Kier alpha value is -1.38. The van der Waals surface area contributed by atoms with Crippen molar-refractivity contribution in [3.05, 3.63) is 23.8 Å². The van der Waals surface area contributed by atoms with Crippen LogP contribution in [0.3, 0.4) is 0 Å². The number of carbonyl (C=O) groups is 2. The van der Waals surface area contributed by atoms with Gasteiger partial charge in [0.1, 0.15) is 5.78 Å². The molecule has 0 saturated carbocycles. The fraction of sp³-hybridized carbons (Fsp3) is 0.625. The van der Waals surface area contributed by atoms with E-state index >= 15 is 0 Å². The molecule has 0 aliphatic carbocycles. The van der Waals surface area contributed by atoms with E-state index in [0.29, 0.717) is 19.4 Å². The van der Waals surface area contributed by atoms with Crippen molar-refractivity contribution in [3.8, 4) is 0 Å². The molecule has 0 aromatic rings. The van der Waals surface area contributed by atoms with Gasteiger partial charge in [-0.1, -0.05) is 43.6 Å². The van der Waals surface area contributed by atoms with Crippen LogP contribution in [0.1, 0.15) is 59.3 Å². The number of ketones is 1. The van der Waals surface area contributed by atoms with Crippen LogP contribution < -0.4 is 0 Å². The minimum absolute atomic E-state index is 0.170. The second kappa shape index (κ2) is 11.7. The molecule has 0 aromatic carbocycles. The van der Waals surface area contributed by atoms with Gasteiger partial charge in [0.05, 0.1) is 13.0 Å². The standard InChI is InChI=1S/C16H26O3/c1-4-6-7-8-9-15(11-10-14(3)17)12-13-16(18)19-5-2/h8-9,12H,4-7,10-11,13H2,1-3H3/b9-8+,15-12-. The Balaban J connectivity index is 4.38. The van der Waals surface area contributed by atoms with Crippen molar-refractivity contribution in [3.63, 3.8) is 0 Å². The fourth-order valence-corrected chi connectivity index (χ4v) is 1.56. The molecule has 0 atom stereocenters. The highest BCUT2D eigenvalue weighted by Crippen LogP contribution is 2.10. The molecular weight excluding hydrogens is 240 g/mol. The van der Waals surface area contributed by atoms with Crippen molar-refractivity contribution in [2.45, 2.75) is 59.3 Å². The van der Waals surface area contributed by atoms with Gasteiger partial charge < -0.3 is 9.53 Å². The molecular formula is C16H26O3. The second-order valence-corrected chi connectivity index (χ2v) is 4.53. The van der Waals surface area contributed by atoms with Crippen LogP contribution in [0.2, 0.25) is 0 Å². The molecule has 0 radical (unpaired) electrons. The molecule has 0 spiro atoms. The van der Waals surface area contributed by atoms with Crippen LogP contribution in [0.15, 0.2) is 23.8 Å². The quantitative estimate of drug-likeness (QED) is 0.341. The average Bonchev–Trinajstić information content (AvgIpc) is 2.37. The number of esters is 1. The molecule has 0 aliphatic rings. The third-order valence-electron chi connectivity index (χ3n) is 2.66. The van der Waals surface area contributed by atoms with Crippen molar-refractivity contribution < 1.29 is 14.3 Å². The lowest BCUT2D eigenvalue weighted by molar-refractivity contribution is -0.142. The van der Waals surface area contributed by atoms with Gasteiger partial charge in [0.2, 0.25) is 0 Å². The molecule has 0 aromatic heterocycles. The highest BCUT2D eigenvalue weighted by molar-refractivity contribution is 5.76. The van der Waals surface area contributed by atoms with Gasteiger partial charge in [-0.05, 0) is 26.7 Å². The Morgan fingerprint density at radius 1 is 1.16 bits per heavy atom. The fourth-order valence-electron chi connectivity index (χ4n) is 1.56. The molecule has 0 unspecified atom stereocenters. The smallest absolute Gasteiger partial charge is 0.309 e. The molecule has 19 heavy (non-hydrogen) atoms. The first kappa shape index (κ1) is 17.6. The maximum atomic E-state index is 11.3. The van der Waals surface area contributed by atoms with Crippen LogP contribution in [-0.4, -0.2) is 18.4 Å². The number of Topliss-reactive ketones (excluding diaryl/α,β-unsaturated/α-hetero) is 1. The van der Waals surface area contributed by atoms with Crippen LogP contribution in [0, 0.1) is 0 Å². The van der Waals surface area contributed by atoms with Gasteiger partial charge in [-0.3, -0.25) is 4.79 Å². The SMILES string of the molecule is CCCC/C=C/C(=C/CC(=O)OCC)CCC(C)=O. The van der Waals surface area contributed by atoms with E-state index in [1.54, 1.807) is 13.8 Å². The monoisotopic (exact) mass is 266 g/mol. The van der Waals surface area contributed by atoms with Crippen LogP contribution in [0.25, 0.3) is 0 Å². The van der Waals surface area contributed by atoms with Gasteiger partial charge in [-0.25, -0.2) is 0 Å². The van der Waals surface area contributed by atoms with E-state index in [0.717, 1.165) is 18.4 Å². The summed E-state index contributed by atoms with van der Waals surface area (Å²) < 4.78 is 4.89. The van der Waals surface area contributed by atoms with Crippen LogP contribution >= 0.6 is 0 Å². The lowest BCUT2D eigenvalue weighted by Crippen LogP contribution is -2.02. The van der Waals surface area contributed by atoms with E-state index in [1.807, 2.05) is 12.2 Å². The number of hydrogen-bond donors (Lipinski definition) is 0. The lowest BCUT2D eigenvalue weighted by Gasteiger charge is -2.02. The molecule has 3 nitrogen and oxygen atoms in total. The summed E-state index contributed by atoms with van der Waals surface area (Å²) >= 11 is 0. The van der Waals surface area contributed by atoms with E-state index in [-0.39, 0.29) is 18.2 Å². The zero-order valence-electron chi connectivity index (χ0n) is 12.4. The van der Waals surface area contributed by atoms with Gasteiger partial charge in [0, 0.05) is 6.42 Å². The molecule has 0 bridgehead atoms. The summed E-state index contributed by atoms with van der Waals surface area (Å²) in [5, 5.41) is 0. The van der Waals surface area contributed by atoms with E-state index in [9.17, 15) is 9.59 Å². The van der Waals surface area contributed by atoms with Crippen molar-refractivity contribution >= 4 is 11.8 Å². The average molecular weight is 266 g/mol. The first-order chi connectivity index (χ1) is 9.10. The number of rotatable bonds is 10. The van der Waals surface area contributed by atoms with Gasteiger partial charge in [0.25, 0.3) is 0 Å². The lowest BCUT2D eigenvalue weighted by atomic mass is 10.1. The molecule has 3 heteroatoms. The predicted molar refractivity (Wildman–Crippen MR) is 77.9 cm³/mol. The minimum atomic E-state index is -0.218. The summed E-state index contributed by atoms with van der Waals surface area (Å²) in [6.07, 6.45) is 10.9. The number of hydrogen-bond acceptors (Lipinski definition) is 3. The zero-order valence-corrected chi connectivity index (χ0v) is 12.4. The van der Waals surface area contributed by atoms with E-state index < -0.39 is 0 Å². The molecule has 0 aliphatic heterocycles. The summed E-state index contributed by atoms with van der Waals surface area (Å²) in [5.41, 5.74) is 1.04. The van der Waals surface area contributed by atoms with Crippen LogP contribution in [0.5, 0.6) is 0 Å². The Bertz CT molecular complexity index is 327. The molecule has 0 rings (SSSR count). The normalized spacial score (nSPS) is 11.8. The van der Waals surface area contributed by atoms with E-state index in [1.165, 1.54) is 6.42 Å². The number of unbranched alkanes of at least 4 members (excludes halogenated alkanes) is 2. The third kappa shape index (κ3) is 11.4. The zero-order chi connectivity index (χ0) is 14.5. The summed E-state index contributed by atoms with van der Waals surface area (Å²) in [4.78, 5) is 22.3. The molecule has 0 N–H and O–H groups in total. The number of ether oxygens (including phenoxy) is 1. The van der Waals surface area contributed by atoms with Gasteiger partial charge >= 0.3 is 5.97 Å². The van der Waals surface area contributed by atoms with Crippen LogP contribution in [-0.2, 0) is 14.3 Å². The Morgan fingerprint density at radius 2 is 1.89 bits per heavy atom. The summed E-state index contributed by atoms with van der Waals surface area (Å²) in [6.45, 7) is 5.94. The molecule has 0 amide bonds. The number of carbonyl (C=O) groups excluding carboxylic acids is 2. The molecule has 0 saturated heterocycles. The Kier molecular flexibility index (Phi) is 10.8. The highest BCUT2D eigenvalue weighted by Gasteiger charge is 2.01. The van der Waals surface area contributed by atoms with Gasteiger partial charge in [-0.15, -0.1) is 0 Å². The largest absolute Gasteiger partial charge is 0.466 e. The Labute approximate surface area is 116 Å². The summed E-state index contributed by atoms with van der Waals surface area (Å²) in [6, 6.07) is 0. The first-order valence-corrected chi connectivity index (χ1v) is 7.10. The third-order valence-corrected chi connectivity index (χ3v) is 2.66. The van der Waals surface area contributed by atoms with E-state index in [4.69, 9.17) is 4.74 Å². The van der Waals surface area contributed by atoms with Gasteiger partial charge in [0.15, 0.2) is 0 Å². The predicted octanol–water partition coefficient (Wildman–Crippen LogP) is 3.98. The van der Waals surface area contributed by atoms with Crippen molar-refractivity contribution in [2.24, 2.45) is 0 Å². The van der Waals surface area contributed by atoms with E-state index in [2.05, 4.69) is 13.0 Å². The molecule has 108 valence electrons. The highest BCUT2D eigenvalue weighted by atomic mass is 16.5. The molecule has 0 heterocycles. The second-order valence-electron chi connectivity index (χ2n) is 4.53. The van der Waals surface area contributed by atoms with Crippen molar-refractivity contribution in [2.75, 3.05) is 6.61 Å². The Morgan fingerprint density at radius 3 is 2.47 bits per heavy atom. The molecule has 0 fully saturated rings. The van der Waals surface area contributed by atoms with Crippen molar-refractivity contribution in [1.29, 1.82) is 0 Å². The summed E-state index contributed by atoms with van der Waals surface area (Å²) in [5.74, 6) is -0.0474. The van der Waals surface area contributed by atoms with Crippen molar-refractivity contribution in [1.82, 2.24) is 0 Å². The number of allylic oxidation sites excluding steroid dienone is 3.